The molecule has 24 heavy (non-hydrogen) atoms. The quantitative estimate of drug-likeness (QED) is 0.402. The maximum Gasteiger partial charge on any atom is 0.311 e. The Morgan fingerprint density at radius 1 is 1.33 bits per heavy atom. The molecule has 0 aliphatic rings. The van der Waals surface area contributed by atoms with Gasteiger partial charge in [-0.25, -0.2) is 0 Å². The van der Waals surface area contributed by atoms with Crippen LogP contribution in [0.15, 0.2) is 18.2 Å². The molecule has 0 aliphatic heterocycles. The molecule has 0 radical (unpaired) electrons. The molecule has 1 rings (SSSR count). The number of nitrogens with zero attached hydrogens (tertiary/aromatic N) is 1. The minimum Gasteiger partial charge on any atom is -0.477 e. The average Bonchev–Trinajstić information content (AvgIpc) is 2.52. The number of nitro groups is 1. The summed E-state index contributed by atoms with van der Waals surface area (Å²) in [5.74, 6) is 0.264. The molecule has 0 unspecified atom stereocenters. The molecule has 1 aromatic rings. The number of ether oxygens (including phenoxy) is 1. The van der Waals surface area contributed by atoms with Crippen molar-refractivity contribution in [2.75, 3.05) is 6.61 Å². The molecule has 0 saturated carbocycles. The summed E-state index contributed by atoms with van der Waals surface area (Å²) in [7, 11) is 0. The summed E-state index contributed by atoms with van der Waals surface area (Å²) in [5.41, 5.74) is -0.158. The van der Waals surface area contributed by atoms with Crippen LogP contribution in [0.2, 0.25) is 0 Å². The van der Waals surface area contributed by atoms with Gasteiger partial charge in [0.25, 0.3) is 5.91 Å². The number of nitrogens with one attached hydrogen (secondary N) is 1. The largest absolute Gasteiger partial charge is 0.477 e. The molecule has 0 bridgehead atoms. The predicted octanol–water partition coefficient (Wildman–Crippen LogP) is 3.12. The van der Waals surface area contributed by atoms with Gasteiger partial charge in [-0.3, -0.25) is 19.7 Å². The van der Waals surface area contributed by atoms with Gasteiger partial charge in [0.2, 0.25) is 0 Å². The van der Waals surface area contributed by atoms with Crippen LogP contribution in [0.1, 0.15) is 50.4 Å². The standard InChI is InChI=1S/C17H24N2O5/c1-12(2)5-4-6-13(3)18-17(21)11-24-16-8-7-14(10-20)9-15(16)19(22)23/h7-10,12-13H,4-6,11H2,1-3H3,(H,18,21)/t13-/m0/s1. The lowest BCUT2D eigenvalue weighted by atomic mass is 10.0. The Hall–Kier alpha value is -2.44. The first-order chi connectivity index (χ1) is 11.3. The number of aldehydes is 1. The van der Waals surface area contributed by atoms with Gasteiger partial charge in [0.1, 0.15) is 6.29 Å². The van der Waals surface area contributed by atoms with E-state index in [4.69, 9.17) is 4.74 Å². The van der Waals surface area contributed by atoms with E-state index >= 15 is 0 Å². The Bertz CT molecular complexity index is 586. The fraction of sp³-hybridized carbons (Fsp3) is 0.529. The summed E-state index contributed by atoms with van der Waals surface area (Å²) in [6.45, 7) is 5.91. The summed E-state index contributed by atoms with van der Waals surface area (Å²) < 4.78 is 5.23. The van der Waals surface area contributed by atoms with Gasteiger partial charge in [0.05, 0.1) is 4.92 Å². The van der Waals surface area contributed by atoms with E-state index in [2.05, 4.69) is 19.2 Å². The van der Waals surface area contributed by atoms with Crippen LogP contribution < -0.4 is 10.1 Å². The number of nitro benzene ring substituents is 1. The Kier molecular flexibility index (Phi) is 7.88. The maximum atomic E-state index is 11.9. The van der Waals surface area contributed by atoms with E-state index in [9.17, 15) is 19.7 Å². The fourth-order valence-electron chi connectivity index (χ4n) is 2.24. The minimum absolute atomic E-state index is 0.0206. The zero-order valence-corrected chi connectivity index (χ0v) is 14.3. The Labute approximate surface area is 141 Å². The zero-order chi connectivity index (χ0) is 18.1. The Balaban J connectivity index is 2.52. The SMILES string of the molecule is CC(C)CCC[C@H](C)NC(=O)COc1ccc(C=O)cc1[N+](=O)[O-]. The van der Waals surface area contributed by atoms with E-state index < -0.39 is 4.92 Å². The van der Waals surface area contributed by atoms with Crippen LogP contribution in [-0.2, 0) is 4.79 Å². The molecule has 1 atom stereocenters. The van der Waals surface area contributed by atoms with E-state index in [1.165, 1.54) is 12.1 Å². The molecule has 1 amide bonds. The van der Waals surface area contributed by atoms with Crippen LogP contribution in [0.25, 0.3) is 0 Å². The van der Waals surface area contributed by atoms with E-state index in [1.54, 1.807) is 0 Å². The van der Waals surface area contributed by atoms with Crippen molar-refractivity contribution in [3.8, 4) is 5.75 Å². The Morgan fingerprint density at radius 3 is 2.62 bits per heavy atom. The molecular formula is C17H24N2O5. The summed E-state index contributed by atoms with van der Waals surface area (Å²) >= 11 is 0. The Morgan fingerprint density at radius 2 is 2.04 bits per heavy atom. The number of rotatable bonds is 10. The van der Waals surface area contributed by atoms with Crippen molar-refractivity contribution in [3.05, 3.63) is 33.9 Å². The molecule has 1 N–H and O–H groups in total. The second-order valence-corrected chi connectivity index (χ2v) is 6.18. The highest BCUT2D eigenvalue weighted by Crippen LogP contribution is 2.27. The minimum atomic E-state index is -0.644. The van der Waals surface area contributed by atoms with Crippen molar-refractivity contribution in [3.63, 3.8) is 0 Å². The van der Waals surface area contributed by atoms with Crippen LogP contribution in [0.5, 0.6) is 5.75 Å². The number of hydrogen-bond donors (Lipinski definition) is 1. The predicted molar refractivity (Wildman–Crippen MR) is 90.3 cm³/mol. The van der Waals surface area contributed by atoms with E-state index in [1.807, 2.05) is 6.92 Å². The number of carbonyl (C=O) groups excluding carboxylic acids is 2. The highest BCUT2D eigenvalue weighted by atomic mass is 16.6. The smallest absolute Gasteiger partial charge is 0.311 e. The lowest BCUT2D eigenvalue weighted by molar-refractivity contribution is -0.385. The lowest BCUT2D eigenvalue weighted by Crippen LogP contribution is -2.36. The van der Waals surface area contributed by atoms with Gasteiger partial charge in [0, 0.05) is 17.7 Å². The summed E-state index contributed by atoms with van der Waals surface area (Å²) in [6.07, 6.45) is 3.52. The molecule has 0 heterocycles. The topological polar surface area (TPSA) is 98.5 Å². The van der Waals surface area contributed by atoms with Crippen molar-refractivity contribution in [2.45, 2.75) is 46.1 Å². The second kappa shape index (κ2) is 9.64. The van der Waals surface area contributed by atoms with Crippen LogP contribution >= 0.6 is 0 Å². The third-order valence-corrected chi connectivity index (χ3v) is 3.50. The van der Waals surface area contributed by atoms with Crippen LogP contribution in [0.3, 0.4) is 0 Å². The van der Waals surface area contributed by atoms with Crippen molar-refractivity contribution >= 4 is 17.9 Å². The number of carbonyl (C=O) groups is 2. The maximum absolute atomic E-state index is 11.9. The summed E-state index contributed by atoms with van der Waals surface area (Å²) in [5, 5.41) is 13.8. The van der Waals surface area contributed by atoms with Gasteiger partial charge in [0.15, 0.2) is 12.4 Å². The van der Waals surface area contributed by atoms with Crippen LogP contribution in [-0.4, -0.2) is 29.8 Å². The molecule has 1 aromatic carbocycles. The molecular weight excluding hydrogens is 312 g/mol. The first-order valence-electron chi connectivity index (χ1n) is 7.99. The molecule has 0 spiro atoms. The summed E-state index contributed by atoms with van der Waals surface area (Å²) in [4.78, 5) is 32.9. The van der Waals surface area contributed by atoms with Crippen molar-refractivity contribution in [1.82, 2.24) is 5.32 Å². The van der Waals surface area contributed by atoms with Crippen molar-refractivity contribution in [1.29, 1.82) is 0 Å². The molecule has 7 heteroatoms. The zero-order valence-electron chi connectivity index (χ0n) is 14.3. The number of hydrogen-bond acceptors (Lipinski definition) is 5. The van der Waals surface area contributed by atoms with Gasteiger partial charge in [-0.05, 0) is 31.4 Å². The summed E-state index contributed by atoms with van der Waals surface area (Å²) in [6, 6.07) is 3.87. The van der Waals surface area contributed by atoms with Gasteiger partial charge < -0.3 is 10.1 Å². The highest BCUT2D eigenvalue weighted by molar-refractivity contribution is 5.79. The third kappa shape index (κ3) is 6.76. The van der Waals surface area contributed by atoms with Gasteiger partial charge >= 0.3 is 5.69 Å². The first-order valence-corrected chi connectivity index (χ1v) is 7.99. The highest BCUT2D eigenvalue weighted by Gasteiger charge is 2.17. The van der Waals surface area contributed by atoms with Crippen LogP contribution in [0.4, 0.5) is 5.69 Å². The first kappa shape index (κ1) is 19.6. The fourth-order valence-corrected chi connectivity index (χ4v) is 2.24. The second-order valence-electron chi connectivity index (χ2n) is 6.18. The van der Waals surface area contributed by atoms with Gasteiger partial charge in [-0.15, -0.1) is 0 Å². The monoisotopic (exact) mass is 336 g/mol. The molecule has 132 valence electrons. The van der Waals surface area contributed by atoms with E-state index in [0.29, 0.717) is 12.2 Å². The van der Waals surface area contributed by atoms with Crippen molar-refractivity contribution < 1.29 is 19.2 Å². The van der Waals surface area contributed by atoms with Gasteiger partial charge in [-0.2, -0.15) is 0 Å². The van der Waals surface area contributed by atoms with Crippen LogP contribution in [0, 0.1) is 16.0 Å². The third-order valence-electron chi connectivity index (χ3n) is 3.50. The normalized spacial score (nSPS) is 11.8. The molecule has 0 aromatic heterocycles. The van der Waals surface area contributed by atoms with Gasteiger partial charge in [-0.1, -0.05) is 26.7 Å². The van der Waals surface area contributed by atoms with E-state index in [0.717, 1.165) is 25.3 Å². The lowest BCUT2D eigenvalue weighted by Gasteiger charge is -2.15. The van der Waals surface area contributed by atoms with E-state index in [-0.39, 0.29) is 35.6 Å². The molecule has 0 aliphatic carbocycles. The number of benzene rings is 1. The average molecular weight is 336 g/mol. The number of amides is 1. The molecule has 0 saturated heterocycles. The molecule has 0 fully saturated rings. The van der Waals surface area contributed by atoms with Crippen molar-refractivity contribution in [2.24, 2.45) is 5.92 Å². The molecule has 7 nitrogen and oxygen atoms in total.